The summed E-state index contributed by atoms with van der Waals surface area (Å²) in [5.74, 6) is 3.30. The molecule has 6 heteroatoms. The van der Waals surface area contributed by atoms with E-state index in [1.54, 1.807) is 0 Å². The van der Waals surface area contributed by atoms with Crippen LogP contribution in [0.3, 0.4) is 0 Å². The van der Waals surface area contributed by atoms with Crippen molar-refractivity contribution >= 4 is 45.4 Å². The molecule has 0 saturated carbocycles. The van der Waals surface area contributed by atoms with Crippen LogP contribution in [0.4, 0.5) is 0 Å². The highest BCUT2D eigenvalue weighted by Crippen LogP contribution is 2.57. The summed E-state index contributed by atoms with van der Waals surface area (Å²) < 4.78 is 16.7. The molecule has 4 aromatic rings. The number of hydrogen-bond acceptors (Lipinski definition) is 6. The molecule has 0 spiro atoms. The van der Waals surface area contributed by atoms with Gasteiger partial charge in [-0.1, -0.05) is 143 Å². The van der Waals surface area contributed by atoms with Gasteiger partial charge in [0, 0.05) is 16.0 Å². The van der Waals surface area contributed by atoms with Crippen LogP contribution in [-0.4, -0.2) is 8.75 Å². The quantitative estimate of drug-likeness (QED) is 0.0769. The van der Waals surface area contributed by atoms with Crippen molar-refractivity contribution in [2.45, 2.75) is 156 Å². The van der Waals surface area contributed by atoms with Gasteiger partial charge in [-0.25, -0.2) is 0 Å². The topological polar surface area (TPSA) is 35.0 Å². The molecule has 0 bridgehead atoms. The fraction of sp³-hybridized carbons (Fsp3) is 0.659. The highest BCUT2D eigenvalue weighted by atomic mass is 32.1. The average Bonchev–Trinajstić information content (AvgIpc) is 3.83. The van der Waals surface area contributed by atoms with E-state index in [4.69, 9.17) is 4.74 Å². The first-order valence-electron chi connectivity index (χ1n) is 19.1. The van der Waals surface area contributed by atoms with Gasteiger partial charge in [-0.15, -0.1) is 22.7 Å². The lowest BCUT2D eigenvalue weighted by molar-refractivity contribution is 0.0187. The van der Waals surface area contributed by atoms with Crippen LogP contribution in [0, 0.1) is 17.8 Å². The van der Waals surface area contributed by atoms with Crippen molar-refractivity contribution in [1.82, 2.24) is 8.75 Å². The van der Waals surface area contributed by atoms with E-state index in [1.165, 1.54) is 140 Å². The molecule has 0 fully saturated rings. The molecule has 3 unspecified atom stereocenters. The minimum absolute atomic E-state index is 0.251. The molecule has 3 atom stereocenters. The first-order valence-corrected chi connectivity index (χ1v) is 21.5. The van der Waals surface area contributed by atoms with Crippen LogP contribution in [-0.2, 0) is 5.60 Å². The summed E-state index contributed by atoms with van der Waals surface area (Å²) in [5.41, 5.74) is 4.39. The van der Waals surface area contributed by atoms with Crippen LogP contribution in [0.1, 0.15) is 156 Å². The third kappa shape index (κ3) is 9.69. The van der Waals surface area contributed by atoms with Gasteiger partial charge in [-0.3, -0.25) is 0 Å². The van der Waals surface area contributed by atoms with E-state index in [9.17, 15) is 0 Å². The van der Waals surface area contributed by atoms with Crippen molar-refractivity contribution < 1.29 is 4.74 Å². The second-order valence-electron chi connectivity index (χ2n) is 14.9. The van der Waals surface area contributed by atoms with Crippen molar-refractivity contribution in [1.29, 1.82) is 0 Å². The molecule has 1 aromatic carbocycles. The number of rotatable bonds is 22. The van der Waals surface area contributed by atoms with Gasteiger partial charge in [0.05, 0.1) is 21.5 Å². The summed E-state index contributed by atoms with van der Waals surface area (Å²) in [5, 5.41) is 2.33. The summed E-state index contributed by atoms with van der Waals surface area (Å²) >= 11 is 5.10. The van der Waals surface area contributed by atoms with Crippen molar-refractivity contribution in [2.75, 3.05) is 0 Å². The molecule has 0 radical (unpaired) electrons. The van der Waals surface area contributed by atoms with E-state index in [-0.39, 0.29) is 5.60 Å². The van der Waals surface area contributed by atoms with Gasteiger partial charge in [-0.05, 0) is 60.6 Å². The van der Waals surface area contributed by atoms with E-state index < -0.39 is 0 Å². The first-order chi connectivity index (χ1) is 22.9. The maximum absolute atomic E-state index is 7.49. The zero-order valence-corrected chi connectivity index (χ0v) is 32.4. The smallest absolute Gasteiger partial charge is 0.140 e. The Morgan fingerprint density at radius 1 is 0.766 bits per heavy atom. The Hall–Kier alpha value is -1.76. The fourth-order valence-corrected chi connectivity index (χ4v) is 10.5. The Labute approximate surface area is 298 Å². The summed E-state index contributed by atoms with van der Waals surface area (Å²) in [6.45, 7) is 11.8. The zero-order chi connectivity index (χ0) is 33.1. The molecule has 3 aromatic heterocycles. The van der Waals surface area contributed by atoms with E-state index in [2.05, 4.69) is 79.1 Å². The predicted octanol–water partition coefficient (Wildman–Crippen LogP) is 14.7. The van der Waals surface area contributed by atoms with Gasteiger partial charge in [0.25, 0.3) is 0 Å². The summed E-state index contributed by atoms with van der Waals surface area (Å²) in [4.78, 5) is 4.00. The van der Waals surface area contributed by atoms with Gasteiger partial charge >= 0.3 is 0 Å². The molecule has 5 rings (SSSR count). The Kier molecular flexibility index (Phi) is 14.2. The Morgan fingerprint density at radius 3 is 2.28 bits per heavy atom. The van der Waals surface area contributed by atoms with Gasteiger partial charge in [0.2, 0.25) is 0 Å². The van der Waals surface area contributed by atoms with Crippen LogP contribution in [0.15, 0.2) is 35.7 Å². The largest absolute Gasteiger partial charge is 0.481 e. The SMILES string of the molecule is CCCCCCCCC(CCCCCC)CC1(CCC(C)CCCC(C)C)Oc2cc(-c3cccc4nsnc34)sc2-c2sccc21. The Bertz CT molecular complexity index is 1480. The summed E-state index contributed by atoms with van der Waals surface area (Å²) in [6, 6.07) is 11.2. The number of nitrogens with zero attached hydrogens (tertiary/aromatic N) is 2. The number of ether oxygens (including phenoxy) is 1. The number of aromatic nitrogens is 2. The van der Waals surface area contributed by atoms with Crippen LogP contribution in [0.2, 0.25) is 0 Å². The maximum Gasteiger partial charge on any atom is 0.140 e. The van der Waals surface area contributed by atoms with Crippen LogP contribution >= 0.6 is 34.4 Å². The van der Waals surface area contributed by atoms with Gasteiger partial charge in [-0.2, -0.15) is 8.75 Å². The van der Waals surface area contributed by atoms with Gasteiger partial charge in [0.15, 0.2) is 0 Å². The molecule has 1 aliphatic rings. The van der Waals surface area contributed by atoms with E-state index in [0.29, 0.717) is 11.8 Å². The zero-order valence-electron chi connectivity index (χ0n) is 30.0. The molecule has 47 heavy (non-hydrogen) atoms. The number of fused-ring (bicyclic) bond motifs is 4. The van der Waals surface area contributed by atoms with Crippen molar-refractivity contribution in [3.05, 3.63) is 41.3 Å². The standard InChI is InChI=1S/C41H60N2OS3/c1-6-8-10-12-13-15-21-32(20-14-11-9-7-2)29-41(26-24-31(5)19-16-18-30(3)4)34-25-27-45-39(34)40-36(44-41)28-37(46-40)33-22-17-23-35-38(33)43-47-42-35/h17,22-23,25,27-28,30-32H,6-16,18-21,24,26,29H2,1-5H3. The number of hydrogen-bond donors (Lipinski definition) is 0. The lowest BCUT2D eigenvalue weighted by atomic mass is 9.75. The van der Waals surface area contributed by atoms with Gasteiger partial charge < -0.3 is 4.74 Å². The van der Waals surface area contributed by atoms with E-state index >= 15 is 0 Å². The van der Waals surface area contributed by atoms with E-state index in [0.717, 1.165) is 35.5 Å². The molecule has 0 N–H and O–H groups in total. The van der Waals surface area contributed by atoms with Crippen LogP contribution in [0.5, 0.6) is 5.75 Å². The minimum atomic E-state index is -0.251. The van der Waals surface area contributed by atoms with E-state index in [1.807, 2.05) is 22.7 Å². The minimum Gasteiger partial charge on any atom is -0.481 e. The third-order valence-corrected chi connectivity index (χ3v) is 13.3. The van der Waals surface area contributed by atoms with Crippen LogP contribution < -0.4 is 4.74 Å². The second-order valence-corrected chi connectivity index (χ2v) is 17.4. The highest BCUT2D eigenvalue weighted by Gasteiger charge is 2.44. The lowest BCUT2D eigenvalue weighted by Crippen LogP contribution is -2.38. The normalized spacial score (nSPS) is 17.1. The Balaban J connectivity index is 1.43. The Morgan fingerprint density at radius 2 is 1.51 bits per heavy atom. The predicted molar refractivity (Wildman–Crippen MR) is 208 cm³/mol. The maximum atomic E-state index is 7.49. The lowest BCUT2D eigenvalue weighted by Gasteiger charge is -2.41. The van der Waals surface area contributed by atoms with Crippen molar-refractivity contribution in [3.8, 4) is 25.9 Å². The molecule has 1 aliphatic heterocycles. The second kappa shape index (κ2) is 18.3. The number of thiophene rings is 2. The third-order valence-electron chi connectivity index (χ3n) is 10.5. The molecular weight excluding hydrogens is 633 g/mol. The monoisotopic (exact) mass is 692 g/mol. The van der Waals surface area contributed by atoms with Crippen molar-refractivity contribution in [3.63, 3.8) is 0 Å². The molecule has 0 amide bonds. The average molecular weight is 693 g/mol. The molecule has 4 heterocycles. The molecular formula is C41H60N2OS3. The molecule has 3 nitrogen and oxygen atoms in total. The van der Waals surface area contributed by atoms with Gasteiger partial charge in [0.1, 0.15) is 22.4 Å². The molecule has 0 aliphatic carbocycles. The molecule has 258 valence electrons. The highest BCUT2D eigenvalue weighted by molar-refractivity contribution is 7.23. The molecule has 0 saturated heterocycles. The summed E-state index contributed by atoms with van der Waals surface area (Å²) in [6.07, 6.45) is 23.8. The number of unbranched alkanes of at least 4 members (excludes halogenated alkanes) is 8. The summed E-state index contributed by atoms with van der Waals surface area (Å²) in [7, 11) is 0. The van der Waals surface area contributed by atoms with Crippen LogP contribution in [0.25, 0.3) is 31.2 Å². The first kappa shape index (κ1) is 36.5. The van der Waals surface area contributed by atoms with Crippen molar-refractivity contribution in [2.24, 2.45) is 17.8 Å². The fourth-order valence-electron chi connectivity index (χ4n) is 7.68. The number of benzene rings is 1.